The second-order valence-corrected chi connectivity index (χ2v) is 4.73. The van der Waals surface area contributed by atoms with E-state index in [9.17, 15) is 8.78 Å². The molecule has 0 amide bonds. The Balaban J connectivity index is 2.59. The molecule has 0 spiro atoms. The van der Waals surface area contributed by atoms with Crippen LogP contribution in [0.5, 0.6) is 5.75 Å². The molecular formula is C14H19F2N3OS. The zero-order chi connectivity index (χ0) is 15.7. The van der Waals surface area contributed by atoms with Crippen LogP contribution in [0.3, 0.4) is 0 Å². The molecule has 0 radical (unpaired) electrons. The summed E-state index contributed by atoms with van der Waals surface area (Å²) in [5, 5.41) is 7.56. The van der Waals surface area contributed by atoms with Crippen molar-refractivity contribution in [2.24, 2.45) is 5.10 Å². The Hall–Kier alpha value is -1.76. The fourth-order valence-electron chi connectivity index (χ4n) is 1.51. The molecule has 21 heavy (non-hydrogen) atoms. The molecule has 7 heteroatoms. The van der Waals surface area contributed by atoms with Crippen molar-refractivity contribution in [2.45, 2.75) is 33.3 Å². The summed E-state index contributed by atoms with van der Waals surface area (Å²) in [4.78, 5) is 0. The van der Waals surface area contributed by atoms with Crippen molar-refractivity contribution in [3.63, 3.8) is 0 Å². The van der Waals surface area contributed by atoms with Gasteiger partial charge in [-0.15, -0.1) is 0 Å². The van der Waals surface area contributed by atoms with Crippen molar-refractivity contribution in [2.75, 3.05) is 6.54 Å². The van der Waals surface area contributed by atoms with Gasteiger partial charge < -0.3 is 10.1 Å². The SMILES string of the molecule is CCCCNC(=S)N/N=C(/C)c1cccc(OC(F)F)c1. The van der Waals surface area contributed by atoms with E-state index in [4.69, 9.17) is 12.2 Å². The van der Waals surface area contributed by atoms with E-state index in [1.54, 1.807) is 19.1 Å². The molecule has 0 fully saturated rings. The number of thiocarbonyl (C=S) groups is 1. The first kappa shape index (κ1) is 17.3. The van der Waals surface area contributed by atoms with Crippen molar-refractivity contribution >= 4 is 23.0 Å². The minimum atomic E-state index is -2.84. The molecule has 0 saturated heterocycles. The summed E-state index contributed by atoms with van der Waals surface area (Å²) in [6.45, 7) is 1.79. The first-order chi connectivity index (χ1) is 10.0. The number of nitrogens with one attached hydrogen (secondary N) is 2. The fourth-order valence-corrected chi connectivity index (χ4v) is 1.66. The van der Waals surface area contributed by atoms with E-state index in [-0.39, 0.29) is 5.75 Å². The Morgan fingerprint density at radius 3 is 2.86 bits per heavy atom. The molecular weight excluding hydrogens is 296 g/mol. The second kappa shape index (κ2) is 9.23. The quantitative estimate of drug-likeness (QED) is 0.351. The summed E-state index contributed by atoms with van der Waals surface area (Å²) in [5.74, 6) is 0.0979. The van der Waals surface area contributed by atoms with Crippen LogP contribution in [0, 0.1) is 0 Å². The van der Waals surface area contributed by atoms with Gasteiger partial charge in [0.05, 0.1) is 5.71 Å². The van der Waals surface area contributed by atoms with Crippen LogP contribution in [0.4, 0.5) is 8.78 Å². The van der Waals surface area contributed by atoms with Crippen LogP contribution in [0.1, 0.15) is 32.3 Å². The largest absolute Gasteiger partial charge is 0.435 e. The minimum absolute atomic E-state index is 0.0979. The van der Waals surface area contributed by atoms with E-state index < -0.39 is 6.61 Å². The summed E-state index contributed by atoms with van der Waals surface area (Å²) in [6, 6.07) is 6.35. The molecule has 4 nitrogen and oxygen atoms in total. The van der Waals surface area contributed by atoms with Gasteiger partial charge in [-0.3, -0.25) is 5.43 Å². The van der Waals surface area contributed by atoms with Crippen molar-refractivity contribution in [3.8, 4) is 5.75 Å². The molecule has 0 aliphatic rings. The van der Waals surface area contributed by atoms with Gasteiger partial charge in [-0.05, 0) is 37.7 Å². The smallest absolute Gasteiger partial charge is 0.387 e. The number of unbranched alkanes of at least 4 members (excludes halogenated alkanes) is 1. The maximum absolute atomic E-state index is 12.2. The monoisotopic (exact) mass is 315 g/mol. The number of nitrogens with zero attached hydrogens (tertiary/aromatic N) is 1. The van der Waals surface area contributed by atoms with Crippen LogP contribution >= 0.6 is 12.2 Å². The first-order valence-corrected chi connectivity index (χ1v) is 7.07. The van der Waals surface area contributed by atoms with Crippen molar-refractivity contribution < 1.29 is 13.5 Å². The van der Waals surface area contributed by atoms with E-state index in [1.165, 1.54) is 12.1 Å². The molecule has 2 N–H and O–H groups in total. The summed E-state index contributed by atoms with van der Waals surface area (Å²) in [5.41, 5.74) is 4.02. The third-order valence-electron chi connectivity index (χ3n) is 2.62. The average Bonchev–Trinajstić information content (AvgIpc) is 2.44. The molecule has 0 atom stereocenters. The molecule has 1 aromatic rings. The molecule has 0 aliphatic heterocycles. The lowest BCUT2D eigenvalue weighted by atomic mass is 10.1. The summed E-state index contributed by atoms with van der Waals surface area (Å²) >= 11 is 5.07. The van der Waals surface area contributed by atoms with E-state index in [1.807, 2.05) is 0 Å². The van der Waals surface area contributed by atoms with Crippen molar-refractivity contribution in [3.05, 3.63) is 29.8 Å². The summed E-state index contributed by atoms with van der Waals surface area (Å²) < 4.78 is 28.7. The lowest BCUT2D eigenvalue weighted by Crippen LogP contribution is -2.33. The zero-order valence-electron chi connectivity index (χ0n) is 12.0. The molecule has 1 aromatic carbocycles. The summed E-state index contributed by atoms with van der Waals surface area (Å²) in [6.07, 6.45) is 2.10. The number of hydrogen-bond acceptors (Lipinski definition) is 3. The van der Waals surface area contributed by atoms with E-state index in [0.717, 1.165) is 19.4 Å². The predicted molar refractivity (Wildman–Crippen MR) is 83.9 cm³/mol. The minimum Gasteiger partial charge on any atom is -0.435 e. The molecule has 0 heterocycles. The van der Waals surface area contributed by atoms with Crippen LogP contribution in [-0.2, 0) is 0 Å². The predicted octanol–water partition coefficient (Wildman–Crippen LogP) is 3.28. The Morgan fingerprint density at radius 1 is 1.43 bits per heavy atom. The maximum Gasteiger partial charge on any atom is 0.387 e. The van der Waals surface area contributed by atoms with Crippen LogP contribution in [0.25, 0.3) is 0 Å². The Bertz CT molecular complexity index is 495. The molecule has 0 aliphatic carbocycles. The van der Waals surface area contributed by atoms with Crippen LogP contribution in [-0.4, -0.2) is 24.0 Å². The first-order valence-electron chi connectivity index (χ1n) is 6.66. The Kier molecular flexibility index (Phi) is 7.60. The number of hydrazone groups is 1. The third kappa shape index (κ3) is 6.99. The standard InChI is InChI=1S/C14H19F2N3OS/c1-3-4-8-17-14(21)19-18-10(2)11-6-5-7-12(9-11)20-13(15)16/h5-7,9,13H,3-4,8H2,1-2H3,(H2,17,19,21)/b18-10-. The highest BCUT2D eigenvalue weighted by Gasteiger charge is 2.06. The molecule has 0 unspecified atom stereocenters. The number of ether oxygens (including phenoxy) is 1. The van der Waals surface area contributed by atoms with Gasteiger partial charge in [-0.2, -0.15) is 13.9 Å². The molecule has 0 aromatic heterocycles. The topological polar surface area (TPSA) is 45.7 Å². The second-order valence-electron chi connectivity index (χ2n) is 4.32. The maximum atomic E-state index is 12.2. The van der Waals surface area contributed by atoms with E-state index >= 15 is 0 Å². The van der Waals surface area contributed by atoms with Crippen LogP contribution in [0.15, 0.2) is 29.4 Å². The van der Waals surface area contributed by atoms with Gasteiger partial charge in [0, 0.05) is 12.1 Å². The number of rotatable bonds is 7. The number of halogens is 2. The molecule has 116 valence electrons. The van der Waals surface area contributed by atoms with Crippen molar-refractivity contribution in [1.82, 2.24) is 10.7 Å². The Morgan fingerprint density at radius 2 is 2.19 bits per heavy atom. The normalized spacial score (nSPS) is 11.4. The van der Waals surface area contributed by atoms with E-state index in [2.05, 4.69) is 27.5 Å². The zero-order valence-corrected chi connectivity index (χ0v) is 12.8. The van der Waals surface area contributed by atoms with Crippen LogP contribution in [0.2, 0.25) is 0 Å². The third-order valence-corrected chi connectivity index (χ3v) is 2.85. The molecule has 0 bridgehead atoms. The van der Waals surface area contributed by atoms with Gasteiger partial charge in [0.2, 0.25) is 0 Å². The lowest BCUT2D eigenvalue weighted by molar-refractivity contribution is -0.0498. The van der Waals surface area contributed by atoms with Crippen molar-refractivity contribution in [1.29, 1.82) is 0 Å². The van der Waals surface area contributed by atoms with Gasteiger partial charge in [0.1, 0.15) is 5.75 Å². The number of alkyl halides is 2. The van der Waals surface area contributed by atoms with Crippen LogP contribution < -0.4 is 15.5 Å². The Labute approximate surface area is 128 Å². The number of benzene rings is 1. The molecule has 1 rings (SSSR count). The van der Waals surface area contributed by atoms with Gasteiger partial charge in [-0.25, -0.2) is 0 Å². The number of hydrogen-bond donors (Lipinski definition) is 2. The lowest BCUT2D eigenvalue weighted by Gasteiger charge is -2.08. The highest BCUT2D eigenvalue weighted by Crippen LogP contribution is 2.16. The fraction of sp³-hybridized carbons (Fsp3) is 0.429. The van der Waals surface area contributed by atoms with Gasteiger partial charge >= 0.3 is 6.61 Å². The summed E-state index contributed by atoms with van der Waals surface area (Å²) in [7, 11) is 0. The van der Waals surface area contributed by atoms with Gasteiger partial charge in [-0.1, -0.05) is 25.5 Å². The van der Waals surface area contributed by atoms with E-state index in [0.29, 0.717) is 16.4 Å². The van der Waals surface area contributed by atoms with Gasteiger partial charge in [0.25, 0.3) is 0 Å². The average molecular weight is 315 g/mol. The highest BCUT2D eigenvalue weighted by molar-refractivity contribution is 7.80. The highest BCUT2D eigenvalue weighted by atomic mass is 32.1. The van der Waals surface area contributed by atoms with Gasteiger partial charge in [0.15, 0.2) is 5.11 Å². The molecule has 0 saturated carbocycles.